The van der Waals surface area contributed by atoms with Crippen LogP contribution in [0.15, 0.2) is 36.4 Å². The Labute approximate surface area is 182 Å². The van der Waals surface area contributed by atoms with E-state index in [9.17, 15) is 14.7 Å². The van der Waals surface area contributed by atoms with E-state index in [1.165, 1.54) is 7.11 Å². The molecule has 4 rings (SSSR count). The molecule has 7 nitrogen and oxygen atoms in total. The molecule has 0 spiro atoms. The molecule has 164 valence electrons. The predicted molar refractivity (Wildman–Crippen MR) is 119 cm³/mol. The molecule has 2 aliphatic rings. The molecule has 2 aromatic rings. The number of rotatable bonds is 6. The van der Waals surface area contributed by atoms with Crippen LogP contribution in [0.5, 0.6) is 11.5 Å². The van der Waals surface area contributed by atoms with Gasteiger partial charge in [0.15, 0.2) is 11.5 Å². The number of ether oxygens (including phenoxy) is 1. The number of aryl methyl sites for hydroxylation is 1. The monoisotopic (exact) mass is 423 g/mol. The van der Waals surface area contributed by atoms with Gasteiger partial charge in [-0.25, -0.2) is 4.79 Å². The van der Waals surface area contributed by atoms with E-state index in [1.54, 1.807) is 29.2 Å². The molecular weight excluding hydrogens is 394 g/mol. The number of aromatic hydroxyl groups is 1. The lowest BCUT2D eigenvalue weighted by molar-refractivity contribution is 0.0793. The van der Waals surface area contributed by atoms with Crippen molar-refractivity contribution in [3.05, 3.63) is 53.1 Å². The van der Waals surface area contributed by atoms with E-state index in [0.717, 1.165) is 49.9 Å². The summed E-state index contributed by atoms with van der Waals surface area (Å²) in [5.74, 6) is 0.427. The van der Waals surface area contributed by atoms with Crippen molar-refractivity contribution < 1.29 is 19.4 Å². The number of urea groups is 1. The third-order valence-corrected chi connectivity index (χ3v) is 5.97. The van der Waals surface area contributed by atoms with Gasteiger partial charge in [0.1, 0.15) is 0 Å². The Morgan fingerprint density at radius 1 is 1.19 bits per heavy atom. The van der Waals surface area contributed by atoms with Crippen LogP contribution in [0, 0.1) is 6.92 Å². The molecule has 0 radical (unpaired) electrons. The third kappa shape index (κ3) is 4.60. The molecule has 1 aliphatic carbocycles. The van der Waals surface area contributed by atoms with Crippen LogP contribution < -0.4 is 10.1 Å². The summed E-state index contributed by atoms with van der Waals surface area (Å²) in [5.41, 5.74) is 2.85. The van der Waals surface area contributed by atoms with Crippen molar-refractivity contribution in [2.75, 3.05) is 25.5 Å². The Bertz CT molecular complexity index is 981. The molecule has 0 aromatic heterocycles. The second kappa shape index (κ2) is 8.88. The highest BCUT2D eigenvalue weighted by Crippen LogP contribution is 2.32. The lowest BCUT2D eigenvalue weighted by Crippen LogP contribution is -2.37. The van der Waals surface area contributed by atoms with Gasteiger partial charge in [0.2, 0.25) is 0 Å². The number of carbonyl (C=O) groups is 2. The number of benzene rings is 2. The SMILES string of the molecule is COc1cc(CN(C(=O)Nc2cccc(C)c2C(=O)N2CCCC2)C2CC2)ccc1O. The van der Waals surface area contributed by atoms with E-state index in [-0.39, 0.29) is 23.7 Å². The average molecular weight is 424 g/mol. The number of nitrogens with one attached hydrogen (secondary N) is 1. The average Bonchev–Trinajstić information content (AvgIpc) is 3.44. The van der Waals surface area contributed by atoms with Gasteiger partial charge in [-0.3, -0.25) is 4.79 Å². The maximum atomic E-state index is 13.2. The maximum Gasteiger partial charge on any atom is 0.322 e. The Morgan fingerprint density at radius 3 is 2.61 bits per heavy atom. The lowest BCUT2D eigenvalue weighted by Gasteiger charge is -2.25. The van der Waals surface area contributed by atoms with Crippen molar-refractivity contribution in [3.63, 3.8) is 0 Å². The van der Waals surface area contributed by atoms with Crippen molar-refractivity contribution in [1.82, 2.24) is 9.80 Å². The summed E-state index contributed by atoms with van der Waals surface area (Å²) in [4.78, 5) is 30.0. The summed E-state index contributed by atoms with van der Waals surface area (Å²) in [5, 5.41) is 12.8. The van der Waals surface area contributed by atoms with Crippen LogP contribution in [-0.4, -0.2) is 53.1 Å². The summed E-state index contributed by atoms with van der Waals surface area (Å²) >= 11 is 0. The first-order valence-corrected chi connectivity index (χ1v) is 10.8. The van der Waals surface area contributed by atoms with Crippen LogP contribution in [0.25, 0.3) is 0 Å². The lowest BCUT2D eigenvalue weighted by atomic mass is 10.1. The van der Waals surface area contributed by atoms with Crippen molar-refractivity contribution >= 4 is 17.6 Å². The van der Waals surface area contributed by atoms with Gasteiger partial charge in [-0.1, -0.05) is 18.2 Å². The van der Waals surface area contributed by atoms with E-state index in [1.807, 2.05) is 24.0 Å². The Balaban J connectivity index is 1.55. The summed E-state index contributed by atoms with van der Waals surface area (Å²) in [6.07, 6.45) is 3.95. The molecule has 1 saturated carbocycles. The molecule has 7 heteroatoms. The number of anilines is 1. The van der Waals surface area contributed by atoms with Crippen LogP contribution in [0.1, 0.15) is 47.2 Å². The maximum absolute atomic E-state index is 13.2. The number of nitrogens with zero attached hydrogens (tertiary/aromatic N) is 2. The van der Waals surface area contributed by atoms with Gasteiger partial charge in [0.05, 0.1) is 18.4 Å². The molecule has 3 amide bonds. The van der Waals surface area contributed by atoms with Gasteiger partial charge in [-0.15, -0.1) is 0 Å². The highest BCUT2D eigenvalue weighted by Gasteiger charge is 2.33. The molecule has 31 heavy (non-hydrogen) atoms. The van der Waals surface area contributed by atoms with Gasteiger partial charge in [-0.2, -0.15) is 0 Å². The van der Waals surface area contributed by atoms with Gasteiger partial charge in [-0.05, 0) is 61.9 Å². The molecular formula is C24H29N3O4. The number of methoxy groups -OCH3 is 1. The number of phenolic OH excluding ortho intramolecular Hbond substituents is 1. The van der Waals surface area contributed by atoms with Crippen molar-refractivity contribution in [2.45, 2.75) is 45.2 Å². The smallest absolute Gasteiger partial charge is 0.322 e. The molecule has 2 N–H and O–H groups in total. The second-order valence-electron chi connectivity index (χ2n) is 8.29. The van der Waals surface area contributed by atoms with E-state index < -0.39 is 0 Å². The number of likely N-dealkylation sites (tertiary alicyclic amines) is 1. The zero-order chi connectivity index (χ0) is 22.0. The summed E-state index contributed by atoms with van der Waals surface area (Å²) in [6.45, 7) is 3.82. The fraction of sp³-hybridized carbons (Fsp3) is 0.417. The van der Waals surface area contributed by atoms with Crippen LogP contribution >= 0.6 is 0 Å². The number of hydrogen-bond donors (Lipinski definition) is 2. The Kier molecular flexibility index (Phi) is 6.02. The minimum Gasteiger partial charge on any atom is -0.504 e. The van der Waals surface area contributed by atoms with Crippen molar-refractivity contribution in [3.8, 4) is 11.5 Å². The quantitative estimate of drug-likeness (QED) is 0.732. The van der Waals surface area contributed by atoms with Gasteiger partial charge in [0, 0.05) is 25.7 Å². The van der Waals surface area contributed by atoms with Crippen LogP contribution in [0.3, 0.4) is 0 Å². The minimum atomic E-state index is -0.226. The third-order valence-electron chi connectivity index (χ3n) is 5.97. The standard InChI is InChI=1S/C24H29N3O4/c1-16-6-5-7-19(22(16)23(29)26-12-3-4-13-26)25-24(30)27(18-9-10-18)15-17-8-11-20(28)21(14-17)31-2/h5-8,11,14,18,28H,3-4,9-10,12-13,15H2,1-2H3,(H,25,30). The zero-order valence-electron chi connectivity index (χ0n) is 18.1. The van der Waals surface area contributed by atoms with Gasteiger partial charge >= 0.3 is 6.03 Å². The predicted octanol–water partition coefficient (Wildman–Crippen LogP) is 4.14. The molecule has 0 atom stereocenters. The van der Waals surface area contributed by atoms with E-state index in [0.29, 0.717) is 23.5 Å². The Morgan fingerprint density at radius 2 is 1.94 bits per heavy atom. The summed E-state index contributed by atoms with van der Waals surface area (Å²) in [6, 6.07) is 10.6. The van der Waals surface area contributed by atoms with Crippen LogP contribution in [-0.2, 0) is 6.54 Å². The Hall–Kier alpha value is -3.22. The minimum absolute atomic E-state index is 0.0212. The largest absolute Gasteiger partial charge is 0.504 e. The number of carbonyl (C=O) groups excluding carboxylic acids is 2. The number of phenols is 1. The number of amides is 3. The normalized spacial score (nSPS) is 15.6. The van der Waals surface area contributed by atoms with Crippen molar-refractivity contribution in [1.29, 1.82) is 0 Å². The van der Waals surface area contributed by atoms with Crippen LogP contribution in [0.2, 0.25) is 0 Å². The van der Waals surface area contributed by atoms with E-state index >= 15 is 0 Å². The molecule has 1 heterocycles. The molecule has 1 aliphatic heterocycles. The van der Waals surface area contributed by atoms with Gasteiger partial charge < -0.3 is 25.0 Å². The number of hydrogen-bond acceptors (Lipinski definition) is 4. The molecule has 2 aromatic carbocycles. The van der Waals surface area contributed by atoms with E-state index in [4.69, 9.17) is 4.74 Å². The molecule has 2 fully saturated rings. The molecule has 1 saturated heterocycles. The van der Waals surface area contributed by atoms with Crippen molar-refractivity contribution in [2.24, 2.45) is 0 Å². The first-order chi connectivity index (χ1) is 15.0. The molecule has 0 bridgehead atoms. The highest BCUT2D eigenvalue weighted by molar-refractivity contribution is 6.04. The summed E-state index contributed by atoms with van der Waals surface area (Å²) < 4.78 is 5.19. The zero-order valence-corrected chi connectivity index (χ0v) is 18.1. The van der Waals surface area contributed by atoms with Crippen LogP contribution in [0.4, 0.5) is 10.5 Å². The first kappa shape index (κ1) is 21.0. The van der Waals surface area contributed by atoms with Gasteiger partial charge in [0.25, 0.3) is 5.91 Å². The molecule has 0 unspecified atom stereocenters. The second-order valence-corrected chi connectivity index (χ2v) is 8.29. The highest BCUT2D eigenvalue weighted by atomic mass is 16.5. The topological polar surface area (TPSA) is 82.1 Å². The van der Waals surface area contributed by atoms with E-state index in [2.05, 4.69) is 5.32 Å². The fourth-order valence-electron chi connectivity index (χ4n) is 4.09. The summed E-state index contributed by atoms with van der Waals surface area (Å²) in [7, 11) is 1.50. The fourth-order valence-corrected chi connectivity index (χ4v) is 4.09. The first-order valence-electron chi connectivity index (χ1n) is 10.8.